The second-order valence-electron chi connectivity index (χ2n) is 2.00. The van der Waals surface area contributed by atoms with Crippen molar-refractivity contribution in [1.82, 2.24) is 0 Å². The van der Waals surface area contributed by atoms with Gasteiger partial charge in [0.1, 0.15) is 6.79 Å². The van der Waals surface area contributed by atoms with Crippen LogP contribution < -0.4 is 5.19 Å². The summed E-state index contributed by atoms with van der Waals surface area (Å²) in [6.45, 7) is 2.00. The van der Waals surface area contributed by atoms with Gasteiger partial charge in [-0.2, -0.15) is 0 Å². The molecule has 0 aliphatic rings. The van der Waals surface area contributed by atoms with E-state index < -0.39 is 8.80 Å². The Labute approximate surface area is 71.1 Å². The fourth-order valence-electron chi connectivity index (χ4n) is 0.662. The van der Waals surface area contributed by atoms with Gasteiger partial charge in [-0.15, -0.1) is 0 Å². The van der Waals surface area contributed by atoms with Crippen molar-refractivity contribution in [3.63, 3.8) is 0 Å². The molecule has 1 aromatic rings. The fourth-order valence-corrected chi connectivity index (χ4v) is 1.30. The van der Waals surface area contributed by atoms with E-state index >= 15 is 0 Å². The fraction of sp³-hybridized carbons (Fsp3) is 0. The van der Waals surface area contributed by atoms with Gasteiger partial charge in [-0.1, -0.05) is 30.3 Å². The van der Waals surface area contributed by atoms with Gasteiger partial charge in [0.15, 0.2) is 0 Å². The van der Waals surface area contributed by atoms with Crippen molar-refractivity contribution in [2.45, 2.75) is 0 Å². The van der Waals surface area contributed by atoms with Gasteiger partial charge in [-0.3, -0.25) is 0 Å². The molecule has 4 nitrogen and oxygen atoms in total. The van der Waals surface area contributed by atoms with Crippen LogP contribution in [0.15, 0.2) is 30.3 Å². The predicted octanol–water partition coefficient (Wildman–Crippen LogP) is -1.38. The molecule has 0 bridgehead atoms. The Morgan fingerprint density at radius 3 is 1.67 bits per heavy atom. The van der Waals surface area contributed by atoms with Crippen LogP contribution in [0, 0.1) is 0 Å². The summed E-state index contributed by atoms with van der Waals surface area (Å²) in [5, 5.41) is 0.204. The van der Waals surface area contributed by atoms with Crippen LogP contribution in [0.1, 0.15) is 0 Å². The minimum atomic E-state index is -4.03. The molecule has 0 saturated carbocycles. The average molecular weight is 186 g/mol. The molecule has 3 N–H and O–H groups in total. The maximum Gasteiger partial charge on any atom is 0.528 e. The number of benzene rings is 1. The molecule has 66 valence electrons. The molecule has 0 amide bonds. The van der Waals surface area contributed by atoms with Gasteiger partial charge in [0.25, 0.3) is 0 Å². The molecule has 1 aromatic carbocycles. The SMILES string of the molecule is C=O.O[Si](O)(O)c1ccccc1. The number of hydrogen-bond acceptors (Lipinski definition) is 4. The van der Waals surface area contributed by atoms with Gasteiger partial charge in [-0.25, -0.2) is 0 Å². The van der Waals surface area contributed by atoms with E-state index in [0.717, 1.165) is 0 Å². The quantitative estimate of drug-likeness (QED) is 0.473. The van der Waals surface area contributed by atoms with E-state index in [4.69, 9.17) is 19.2 Å². The Hall–Kier alpha value is -1.01. The number of carbonyl (C=O) groups is 1. The number of hydrogen-bond donors (Lipinski definition) is 3. The van der Waals surface area contributed by atoms with Crippen molar-refractivity contribution in [1.29, 1.82) is 0 Å². The van der Waals surface area contributed by atoms with Crippen LogP contribution in [0.5, 0.6) is 0 Å². The molecule has 1 rings (SSSR count). The summed E-state index contributed by atoms with van der Waals surface area (Å²) < 4.78 is 0. The first kappa shape index (κ1) is 11.0. The number of carbonyl (C=O) groups excluding carboxylic acids is 1. The van der Waals surface area contributed by atoms with E-state index in [1.807, 2.05) is 6.79 Å². The summed E-state index contributed by atoms with van der Waals surface area (Å²) in [7, 11) is -4.03. The third-order valence-corrected chi connectivity index (χ3v) is 2.27. The molecule has 0 fully saturated rings. The zero-order chi connectivity index (χ0) is 9.61. The summed E-state index contributed by atoms with van der Waals surface area (Å²) >= 11 is 0. The Balaban J connectivity index is 0.000000561. The van der Waals surface area contributed by atoms with E-state index in [2.05, 4.69) is 0 Å². The van der Waals surface area contributed by atoms with Gasteiger partial charge >= 0.3 is 8.80 Å². The molecule has 0 saturated heterocycles. The van der Waals surface area contributed by atoms with Gasteiger partial charge < -0.3 is 19.2 Å². The van der Waals surface area contributed by atoms with Gasteiger partial charge in [-0.05, 0) is 0 Å². The topological polar surface area (TPSA) is 77.8 Å². The summed E-state index contributed by atoms with van der Waals surface area (Å²) in [5.41, 5.74) is 0. The third-order valence-electron chi connectivity index (χ3n) is 1.16. The Bertz CT molecular complexity index is 219. The van der Waals surface area contributed by atoms with Crippen LogP contribution in [0.2, 0.25) is 0 Å². The zero-order valence-corrected chi connectivity index (χ0v) is 7.34. The van der Waals surface area contributed by atoms with E-state index in [1.54, 1.807) is 18.2 Å². The van der Waals surface area contributed by atoms with E-state index in [0.29, 0.717) is 0 Å². The third kappa shape index (κ3) is 3.40. The standard InChI is InChI=1S/C6H8O3Si.CH2O/c7-10(8,9)6-4-2-1-3-5-6;1-2/h1-5,7-9H;1H2. The molecular formula is C7H10O4Si. The van der Waals surface area contributed by atoms with Crippen molar-refractivity contribution in [3.8, 4) is 0 Å². The minimum absolute atomic E-state index is 0.204. The smallest absolute Gasteiger partial charge is 0.386 e. The van der Waals surface area contributed by atoms with Crippen molar-refractivity contribution >= 4 is 20.8 Å². The Kier molecular flexibility index (Phi) is 4.38. The first-order chi connectivity index (χ1) is 5.61. The van der Waals surface area contributed by atoms with Gasteiger partial charge in [0, 0.05) is 5.19 Å². The molecule has 0 aromatic heterocycles. The van der Waals surface area contributed by atoms with Crippen LogP contribution in [0.4, 0.5) is 0 Å². The summed E-state index contributed by atoms with van der Waals surface area (Å²) in [6, 6.07) is 7.97. The molecule has 5 heteroatoms. The number of rotatable bonds is 1. The lowest BCUT2D eigenvalue weighted by molar-refractivity contribution is -0.0979. The van der Waals surface area contributed by atoms with Crippen LogP contribution in [-0.4, -0.2) is 30.0 Å². The minimum Gasteiger partial charge on any atom is -0.386 e. The summed E-state index contributed by atoms with van der Waals surface area (Å²) in [6.07, 6.45) is 0. The Morgan fingerprint density at radius 1 is 1.00 bits per heavy atom. The molecular weight excluding hydrogens is 176 g/mol. The van der Waals surface area contributed by atoms with Crippen LogP contribution >= 0.6 is 0 Å². The highest BCUT2D eigenvalue weighted by atomic mass is 28.4. The monoisotopic (exact) mass is 186 g/mol. The zero-order valence-electron chi connectivity index (χ0n) is 6.34. The molecule has 0 aliphatic heterocycles. The maximum atomic E-state index is 8.74. The second kappa shape index (κ2) is 4.78. The Morgan fingerprint density at radius 2 is 1.42 bits per heavy atom. The highest BCUT2D eigenvalue weighted by Crippen LogP contribution is 1.89. The highest BCUT2D eigenvalue weighted by molar-refractivity contribution is 6.71. The van der Waals surface area contributed by atoms with E-state index in [1.165, 1.54) is 12.1 Å². The van der Waals surface area contributed by atoms with Crippen molar-refractivity contribution in [3.05, 3.63) is 30.3 Å². The second-order valence-corrected chi connectivity index (χ2v) is 3.85. The largest absolute Gasteiger partial charge is 0.528 e. The predicted molar refractivity (Wildman–Crippen MR) is 45.6 cm³/mol. The molecule has 12 heavy (non-hydrogen) atoms. The molecule has 0 unspecified atom stereocenters. The molecule has 0 aliphatic carbocycles. The normalized spacial score (nSPS) is 9.92. The van der Waals surface area contributed by atoms with Crippen molar-refractivity contribution in [2.75, 3.05) is 0 Å². The van der Waals surface area contributed by atoms with E-state index in [9.17, 15) is 0 Å². The van der Waals surface area contributed by atoms with Gasteiger partial charge in [0.2, 0.25) is 0 Å². The molecule has 0 atom stereocenters. The first-order valence-corrected chi connectivity index (χ1v) is 4.96. The maximum absolute atomic E-state index is 8.74. The molecule has 0 spiro atoms. The van der Waals surface area contributed by atoms with Gasteiger partial charge in [0.05, 0.1) is 0 Å². The van der Waals surface area contributed by atoms with E-state index in [-0.39, 0.29) is 5.19 Å². The van der Waals surface area contributed by atoms with Crippen LogP contribution in [-0.2, 0) is 4.79 Å². The highest BCUT2D eigenvalue weighted by Gasteiger charge is 2.29. The summed E-state index contributed by atoms with van der Waals surface area (Å²) in [5.74, 6) is 0. The van der Waals surface area contributed by atoms with Crippen molar-refractivity contribution in [2.24, 2.45) is 0 Å². The molecule has 0 heterocycles. The lowest BCUT2D eigenvalue weighted by Gasteiger charge is -2.07. The van der Waals surface area contributed by atoms with Crippen LogP contribution in [0.25, 0.3) is 0 Å². The van der Waals surface area contributed by atoms with Crippen molar-refractivity contribution < 1.29 is 19.2 Å². The first-order valence-electron chi connectivity index (χ1n) is 3.12. The lowest BCUT2D eigenvalue weighted by atomic mass is 10.4. The lowest BCUT2D eigenvalue weighted by Crippen LogP contribution is -2.48. The summed E-state index contributed by atoms with van der Waals surface area (Å²) in [4.78, 5) is 34.2. The molecule has 0 radical (unpaired) electrons. The van der Waals surface area contributed by atoms with Crippen LogP contribution in [0.3, 0.4) is 0 Å². The average Bonchev–Trinajstić information content (AvgIpc) is 2.08.